The van der Waals surface area contributed by atoms with Crippen molar-refractivity contribution in [1.29, 1.82) is 0 Å². The van der Waals surface area contributed by atoms with Gasteiger partial charge in [0.15, 0.2) is 6.61 Å². The third-order valence-corrected chi connectivity index (χ3v) is 2.98. The number of rotatable bonds is 7. The minimum absolute atomic E-state index is 0.0144. The Labute approximate surface area is 115 Å². The van der Waals surface area contributed by atoms with Crippen molar-refractivity contribution in [3.63, 3.8) is 0 Å². The van der Waals surface area contributed by atoms with Crippen LogP contribution in [0.1, 0.15) is 26.3 Å². The van der Waals surface area contributed by atoms with Crippen LogP contribution in [0.4, 0.5) is 0 Å². The number of benzene rings is 1. The highest BCUT2D eigenvalue weighted by atomic mass is 16.5. The molecule has 0 saturated heterocycles. The summed E-state index contributed by atoms with van der Waals surface area (Å²) in [4.78, 5) is 13.6. The van der Waals surface area contributed by atoms with Crippen molar-refractivity contribution >= 4 is 5.91 Å². The minimum atomic E-state index is 0.0144. The van der Waals surface area contributed by atoms with Crippen LogP contribution in [0.25, 0.3) is 0 Å². The van der Waals surface area contributed by atoms with E-state index < -0.39 is 0 Å². The van der Waals surface area contributed by atoms with Crippen LogP contribution in [-0.4, -0.2) is 36.5 Å². The van der Waals surface area contributed by atoms with E-state index in [9.17, 15) is 4.79 Å². The van der Waals surface area contributed by atoms with Gasteiger partial charge in [-0.2, -0.15) is 0 Å². The summed E-state index contributed by atoms with van der Waals surface area (Å²) in [6.45, 7) is 7.38. The molecule has 1 unspecified atom stereocenters. The first-order valence-corrected chi connectivity index (χ1v) is 6.82. The lowest BCUT2D eigenvalue weighted by Gasteiger charge is -2.19. The Hall–Kier alpha value is -1.55. The molecule has 0 saturated carbocycles. The Morgan fingerprint density at radius 2 is 1.95 bits per heavy atom. The van der Waals surface area contributed by atoms with Crippen LogP contribution in [0.5, 0.6) is 5.75 Å². The first-order chi connectivity index (χ1) is 9.08. The van der Waals surface area contributed by atoms with Gasteiger partial charge in [-0.25, -0.2) is 0 Å². The molecular formula is C15H24N2O2. The van der Waals surface area contributed by atoms with Crippen molar-refractivity contribution in [2.24, 2.45) is 5.73 Å². The highest BCUT2D eigenvalue weighted by Crippen LogP contribution is 2.19. The van der Waals surface area contributed by atoms with Crippen molar-refractivity contribution < 1.29 is 9.53 Å². The summed E-state index contributed by atoms with van der Waals surface area (Å²) >= 11 is 0. The molecule has 0 aliphatic heterocycles. The Balaban J connectivity index is 2.64. The van der Waals surface area contributed by atoms with Gasteiger partial charge in [0, 0.05) is 19.1 Å². The predicted molar refractivity (Wildman–Crippen MR) is 77.2 cm³/mol. The molecule has 1 aromatic rings. The summed E-state index contributed by atoms with van der Waals surface area (Å²) in [6, 6.07) is 7.80. The van der Waals surface area contributed by atoms with Gasteiger partial charge in [-0.05, 0) is 38.8 Å². The van der Waals surface area contributed by atoms with Crippen LogP contribution in [0.2, 0.25) is 0 Å². The SMILES string of the molecule is CCN(CC)C(=O)COc1ccccc1CC(C)N. The molecule has 19 heavy (non-hydrogen) atoms. The van der Waals surface area contributed by atoms with Crippen molar-refractivity contribution in [2.75, 3.05) is 19.7 Å². The van der Waals surface area contributed by atoms with Gasteiger partial charge in [-0.15, -0.1) is 0 Å². The molecule has 1 atom stereocenters. The molecule has 0 heterocycles. The van der Waals surface area contributed by atoms with E-state index in [1.54, 1.807) is 4.90 Å². The second-order valence-electron chi connectivity index (χ2n) is 4.64. The number of ether oxygens (including phenoxy) is 1. The standard InChI is InChI=1S/C15H24N2O2/c1-4-17(5-2)15(18)11-19-14-9-7-6-8-13(14)10-12(3)16/h6-9,12H,4-5,10-11,16H2,1-3H3. The number of hydrogen-bond acceptors (Lipinski definition) is 3. The summed E-state index contributed by atoms with van der Waals surface area (Å²) in [5.74, 6) is 0.765. The predicted octanol–water partition coefficient (Wildman–Crippen LogP) is 1.82. The Morgan fingerprint density at radius 1 is 1.32 bits per heavy atom. The zero-order valence-corrected chi connectivity index (χ0v) is 12.1. The number of carbonyl (C=O) groups excluding carboxylic acids is 1. The molecule has 4 heteroatoms. The number of nitrogens with zero attached hydrogens (tertiary/aromatic N) is 1. The van der Waals surface area contributed by atoms with E-state index in [2.05, 4.69) is 0 Å². The van der Waals surface area contributed by atoms with Crippen LogP contribution in [0, 0.1) is 0 Å². The van der Waals surface area contributed by atoms with Crippen LogP contribution in [0.3, 0.4) is 0 Å². The second kappa shape index (κ2) is 7.79. The van der Waals surface area contributed by atoms with E-state index in [1.807, 2.05) is 45.0 Å². The number of carbonyl (C=O) groups is 1. The van der Waals surface area contributed by atoms with Crippen molar-refractivity contribution in [1.82, 2.24) is 4.90 Å². The molecule has 0 radical (unpaired) electrons. The summed E-state index contributed by atoms with van der Waals surface area (Å²) in [5.41, 5.74) is 6.86. The second-order valence-corrected chi connectivity index (χ2v) is 4.64. The molecule has 0 spiro atoms. The molecule has 4 nitrogen and oxygen atoms in total. The maximum Gasteiger partial charge on any atom is 0.260 e. The minimum Gasteiger partial charge on any atom is -0.483 e. The Morgan fingerprint density at radius 3 is 2.53 bits per heavy atom. The average molecular weight is 264 g/mol. The van der Waals surface area contributed by atoms with Gasteiger partial charge in [0.25, 0.3) is 5.91 Å². The van der Waals surface area contributed by atoms with E-state index in [0.29, 0.717) is 13.1 Å². The monoisotopic (exact) mass is 264 g/mol. The van der Waals surface area contributed by atoms with Crippen LogP contribution in [-0.2, 0) is 11.2 Å². The smallest absolute Gasteiger partial charge is 0.260 e. The van der Waals surface area contributed by atoms with E-state index in [1.165, 1.54) is 0 Å². The lowest BCUT2D eigenvalue weighted by Crippen LogP contribution is -2.34. The quantitative estimate of drug-likeness (QED) is 0.817. The number of para-hydroxylation sites is 1. The fourth-order valence-electron chi connectivity index (χ4n) is 1.97. The summed E-state index contributed by atoms with van der Waals surface area (Å²) in [7, 11) is 0. The van der Waals surface area contributed by atoms with Crippen LogP contribution < -0.4 is 10.5 Å². The van der Waals surface area contributed by atoms with Gasteiger partial charge in [0.05, 0.1) is 0 Å². The zero-order valence-electron chi connectivity index (χ0n) is 12.1. The number of likely N-dealkylation sites (N-methyl/N-ethyl adjacent to an activating group) is 1. The highest BCUT2D eigenvalue weighted by Gasteiger charge is 2.12. The first-order valence-electron chi connectivity index (χ1n) is 6.82. The Bertz CT molecular complexity index is 401. The molecular weight excluding hydrogens is 240 g/mol. The maximum atomic E-state index is 11.9. The summed E-state index contributed by atoms with van der Waals surface area (Å²) < 4.78 is 5.64. The maximum absolute atomic E-state index is 11.9. The lowest BCUT2D eigenvalue weighted by molar-refractivity contribution is -0.132. The average Bonchev–Trinajstić information content (AvgIpc) is 2.38. The number of hydrogen-bond donors (Lipinski definition) is 1. The van der Waals surface area contributed by atoms with Crippen LogP contribution >= 0.6 is 0 Å². The van der Waals surface area contributed by atoms with Crippen molar-refractivity contribution in [2.45, 2.75) is 33.2 Å². The zero-order chi connectivity index (χ0) is 14.3. The van der Waals surface area contributed by atoms with Gasteiger partial charge in [-0.3, -0.25) is 4.79 Å². The molecule has 106 valence electrons. The fraction of sp³-hybridized carbons (Fsp3) is 0.533. The van der Waals surface area contributed by atoms with E-state index in [0.717, 1.165) is 17.7 Å². The Kier molecular flexibility index (Phi) is 6.36. The molecule has 0 aliphatic carbocycles. The first kappa shape index (κ1) is 15.5. The third-order valence-electron chi connectivity index (χ3n) is 2.98. The van der Waals surface area contributed by atoms with Gasteiger partial charge in [0.1, 0.15) is 5.75 Å². The van der Waals surface area contributed by atoms with E-state index >= 15 is 0 Å². The molecule has 0 fully saturated rings. The molecule has 0 bridgehead atoms. The molecule has 1 rings (SSSR count). The molecule has 0 aliphatic rings. The van der Waals surface area contributed by atoms with Gasteiger partial charge < -0.3 is 15.4 Å². The highest BCUT2D eigenvalue weighted by molar-refractivity contribution is 5.77. The van der Waals surface area contributed by atoms with E-state index in [-0.39, 0.29) is 18.6 Å². The topological polar surface area (TPSA) is 55.6 Å². The van der Waals surface area contributed by atoms with E-state index in [4.69, 9.17) is 10.5 Å². The molecule has 1 amide bonds. The van der Waals surface area contributed by atoms with Crippen molar-refractivity contribution in [3.8, 4) is 5.75 Å². The number of nitrogens with two attached hydrogens (primary N) is 1. The third kappa shape index (κ3) is 4.91. The molecule has 0 aromatic heterocycles. The molecule has 2 N–H and O–H groups in total. The molecule has 1 aromatic carbocycles. The summed E-state index contributed by atoms with van der Waals surface area (Å²) in [6.07, 6.45) is 0.746. The van der Waals surface area contributed by atoms with Crippen LogP contribution in [0.15, 0.2) is 24.3 Å². The fourth-order valence-corrected chi connectivity index (χ4v) is 1.97. The largest absolute Gasteiger partial charge is 0.483 e. The normalized spacial score (nSPS) is 12.0. The van der Waals surface area contributed by atoms with Gasteiger partial charge >= 0.3 is 0 Å². The van der Waals surface area contributed by atoms with Gasteiger partial charge in [-0.1, -0.05) is 18.2 Å². The number of amides is 1. The van der Waals surface area contributed by atoms with Crippen molar-refractivity contribution in [3.05, 3.63) is 29.8 Å². The van der Waals surface area contributed by atoms with Gasteiger partial charge in [0.2, 0.25) is 0 Å². The lowest BCUT2D eigenvalue weighted by atomic mass is 10.1. The summed E-state index contributed by atoms with van der Waals surface area (Å²) in [5, 5.41) is 0.